The Kier molecular flexibility index (Phi) is 4.13. The highest BCUT2D eigenvalue weighted by molar-refractivity contribution is 5.20. The van der Waals surface area contributed by atoms with Crippen molar-refractivity contribution < 1.29 is 4.39 Å². The van der Waals surface area contributed by atoms with Crippen LogP contribution in [0.3, 0.4) is 0 Å². The first-order valence-corrected chi connectivity index (χ1v) is 6.32. The van der Waals surface area contributed by atoms with Crippen LogP contribution in [0.1, 0.15) is 30.9 Å². The van der Waals surface area contributed by atoms with Gasteiger partial charge in [0.1, 0.15) is 5.82 Å². The molecule has 1 saturated heterocycles. The van der Waals surface area contributed by atoms with Crippen LogP contribution >= 0.6 is 0 Å². The van der Waals surface area contributed by atoms with Crippen molar-refractivity contribution in [1.82, 2.24) is 10.2 Å². The molecule has 3 heteroatoms. The Balaban J connectivity index is 2.10. The van der Waals surface area contributed by atoms with Gasteiger partial charge in [-0.05, 0) is 57.6 Å². The van der Waals surface area contributed by atoms with Gasteiger partial charge in [0.2, 0.25) is 0 Å². The topological polar surface area (TPSA) is 15.3 Å². The van der Waals surface area contributed by atoms with Crippen molar-refractivity contribution in [3.05, 3.63) is 35.6 Å². The third-order valence-corrected chi connectivity index (χ3v) is 3.53. The van der Waals surface area contributed by atoms with Crippen LogP contribution in [0.2, 0.25) is 0 Å². The van der Waals surface area contributed by atoms with Gasteiger partial charge >= 0.3 is 0 Å². The summed E-state index contributed by atoms with van der Waals surface area (Å²) in [5.74, 6) is -0.145. The van der Waals surface area contributed by atoms with Gasteiger partial charge in [-0.25, -0.2) is 4.39 Å². The minimum absolute atomic E-state index is 0.145. The summed E-state index contributed by atoms with van der Waals surface area (Å²) in [5.41, 5.74) is 1.07. The number of nitrogens with one attached hydrogen (secondary N) is 1. The second kappa shape index (κ2) is 5.61. The van der Waals surface area contributed by atoms with Crippen molar-refractivity contribution in [2.75, 3.05) is 20.6 Å². The number of hydrogen-bond acceptors (Lipinski definition) is 2. The van der Waals surface area contributed by atoms with E-state index in [1.807, 2.05) is 6.07 Å². The van der Waals surface area contributed by atoms with Crippen LogP contribution in [-0.2, 0) is 0 Å². The van der Waals surface area contributed by atoms with E-state index < -0.39 is 0 Å². The first-order chi connectivity index (χ1) is 8.16. The van der Waals surface area contributed by atoms with E-state index in [4.69, 9.17) is 0 Å². The zero-order valence-corrected chi connectivity index (χ0v) is 10.6. The van der Waals surface area contributed by atoms with Gasteiger partial charge in [0.15, 0.2) is 0 Å². The summed E-state index contributed by atoms with van der Waals surface area (Å²) in [6.07, 6.45) is 3.55. The lowest BCUT2D eigenvalue weighted by Gasteiger charge is -2.27. The molecule has 1 aliphatic rings. The van der Waals surface area contributed by atoms with Gasteiger partial charge in [0.05, 0.1) is 0 Å². The lowest BCUT2D eigenvalue weighted by molar-refractivity contribution is 0.262. The summed E-state index contributed by atoms with van der Waals surface area (Å²) >= 11 is 0. The SMILES string of the molecule is CN(C)C(CC1CCCN1)c1cccc(F)c1. The first-order valence-electron chi connectivity index (χ1n) is 6.32. The van der Waals surface area contributed by atoms with Crippen molar-refractivity contribution in [2.24, 2.45) is 0 Å². The Hall–Kier alpha value is -0.930. The Morgan fingerprint density at radius 2 is 2.29 bits per heavy atom. The van der Waals surface area contributed by atoms with Crippen LogP contribution in [0.25, 0.3) is 0 Å². The Morgan fingerprint density at radius 1 is 1.47 bits per heavy atom. The van der Waals surface area contributed by atoms with Crippen molar-refractivity contribution in [3.63, 3.8) is 0 Å². The highest BCUT2D eigenvalue weighted by Gasteiger charge is 2.22. The normalized spacial score (nSPS) is 22.0. The molecular formula is C14H21FN2. The number of halogens is 1. The lowest BCUT2D eigenvalue weighted by Crippen LogP contribution is -2.29. The molecule has 0 spiro atoms. The van der Waals surface area contributed by atoms with E-state index in [2.05, 4.69) is 24.3 Å². The average molecular weight is 236 g/mol. The van der Waals surface area contributed by atoms with Gasteiger partial charge in [0.25, 0.3) is 0 Å². The smallest absolute Gasteiger partial charge is 0.123 e. The minimum atomic E-state index is -0.145. The van der Waals surface area contributed by atoms with Gasteiger partial charge in [0, 0.05) is 12.1 Å². The fraction of sp³-hybridized carbons (Fsp3) is 0.571. The van der Waals surface area contributed by atoms with E-state index >= 15 is 0 Å². The average Bonchev–Trinajstić information content (AvgIpc) is 2.78. The number of hydrogen-bond donors (Lipinski definition) is 1. The monoisotopic (exact) mass is 236 g/mol. The first kappa shape index (κ1) is 12.5. The molecule has 1 aliphatic heterocycles. The largest absolute Gasteiger partial charge is 0.314 e. The number of benzene rings is 1. The molecule has 0 saturated carbocycles. The third kappa shape index (κ3) is 3.27. The van der Waals surface area contributed by atoms with E-state index in [9.17, 15) is 4.39 Å². The van der Waals surface area contributed by atoms with Crippen molar-refractivity contribution in [1.29, 1.82) is 0 Å². The molecule has 0 aliphatic carbocycles. The fourth-order valence-electron chi connectivity index (χ4n) is 2.59. The molecule has 1 N–H and O–H groups in total. The Morgan fingerprint density at radius 3 is 2.88 bits per heavy atom. The molecule has 1 aromatic rings. The van der Waals surface area contributed by atoms with Crippen molar-refractivity contribution >= 4 is 0 Å². The Bertz CT molecular complexity index is 359. The highest BCUT2D eigenvalue weighted by atomic mass is 19.1. The fourth-order valence-corrected chi connectivity index (χ4v) is 2.59. The molecule has 2 rings (SSSR count). The second-order valence-corrected chi connectivity index (χ2v) is 5.06. The van der Waals surface area contributed by atoms with E-state index in [-0.39, 0.29) is 5.82 Å². The molecule has 94 valence electrons. The van der Waals surface area contributed by atoms with Gasteiger partial charge in [-0.2, -0.15) is 0 Å². The maximum absolute atomic E-state index is 13.3. The Labute approximate surface area is 103 Å². The molecule has 1 heterocycles. The summed E-state index contributed by atoms with van der Waals surface area (Å²) in [4.78, 5) is 2.18. The van der Waals surface area contributed by atoms with Crippen LogP contribution in [0.4, 0.5) is 4.39 Å². The van der Waals surface area contributed by atoms with Crippen LogP contribution in [0.5, 0.6) is 0 Å². The summed E-state index contributed by atoms with van der Waals surface area (Å²) in [6.45, 7) is 1.12. The van der Waals surface area contributed by atoms with E-state index in [0.717, 1.165) is 18.5 Å². The maximum Gasteiger partial charge on any atom is 0.123 e. The molecule has 1 aromatic carbocycles. The zero-order chi connectivity index (χ0) is 12.3. The van der Waals surface area contributed by atoms with Gasteiger partial charge in [-0.1, -0.05) is 12.1 Å². The maximum atomic E-state index is 13.3. The summed E-state index contributed by atoms with van der Waals surface area (Å²) in [7, 11) is 4.12. The molecule has 0 amide bonds. The predicted molar refractivity (Wildman–Crippen MR) is 68.5 cm³/mol. The summed E-state index contributed by atoms with van der Waals surface area (Å²) in [6, 6.07) is 7.84. The molecule has 1 fully saturated rings. The molecular weight excluding hydrogens is 215 g/mol. The zero-order valence-electron chi connectivity index (χ0n) is 10.6. The molecule has 17 heavy (non-hydrogen) atoms. The molecule has 2 unspecified atom stereocenters. The van der Waals surface area contributed by atoms with Crippen LogP contribution in [0, 0.1) is 5.82 Å². The van der Waals surface area contributed by atoms with Gasteiger partial charge < -0.3 is 10.2 Å². The second-order valence-electron chi connectivity index (χ2n) is 5.06. The molecule has 0 bridgehead atoms. The minimum Gasteiger partial charge on any atom is -0.314 e. The lowest BCUT2D eigenvalue weighted by atomic mass is 9.97. The van der Waals surface area contributed by atoms with E-state index in [0.29, 0.717) is 12.1 Å². The summed E-state index contributed by atoms with van der Waals surface area (Å²) < 4.78 is 13.3. The quantitative estimate of drug-likeness (QED) is 0.864. The predicted octanol–water partition coefficient (Wildman–Crippen LogP) is 2.57. The standard InChI is InChI=1S/C14H21FN2/c1-17(2)14(10-13-7-4-8-16-13)11-5-3-6-12(15)9-11/h3,5-6,9,13-14,16H,4,7-8,10H2,1-2H3. The molecule has 2 atom stereocenters. The van der Waals surface area contributed by atoms with Crippen molar-refractivity contribution in [2.45, 2.75) is 31.3 Å². The highest BCUT2D eigenvalue weighted by Crippen LogP contribution is 2.26. The van der Waals surface area contributed by atoms with Gasteiger partial charge in [-0.3, -0.25) is 0 Å². The molecule has 0 aromatic heterocycles. The van der Waals surface area contributed by atoms with Crippen LogP contribution < -0.4 is 5.32 Å². The number of nitrogens with zero attached hydrogens (tertiary/aromatic N) is 1. The number of rotatable bonds is 4. The molecule has 0 radical (unpaired) electrons. The van der Waals surface area contributed by atoms with Crippen molar-refractivity contribution in [3.8, 4) is 0 Å². The van der Waals surface area contributed by atoms with Gasteiger partial charge in [-0.15, -0.1) is 0 Å². The molecule has 2 nitrogen and oxygen atoms in total. The van der Waals surface area contributed by atoms with Crippen LogP contribution in [0.15, 0.2) is 24.3 Å². The van der Waals surface area contributed by atoms with E-state index in [1.54, 1.807) is 12.1 Å². The van der Waals surface area contributed by atoms with Crippen LogP contribution in [-0.4, -0.2) is 31.6 Å². The summed E-state index contributed by atoms with van der Waals surface area (Å²) in [5, 5.41) is 3.51. The van der Waals surface area contributed by atoms with E-state index in [1.165, 1.54) is 18.9 Å². The third-order valence-electron chi connectivity index (χ3n) is 3.53.